The third kappa shape index (κ3) is 5.43. The Balaban J connectivity index is 1.79. The molecular formula is C18H19F3N4O2S. The van der Waals surface area contributed by atoms with Gasteiger partial charge in [0.05, 0.1) is 24.2 Å². The molecule has 10 heteroatoms. The number of hydrazine groups is 1. The van der Waals surface area contributed by atoms with Crippen LogP contribution in [0.1, 0.15) is 12.6 Å². The van der Waals surface area contributed by atoms with Gasteiger partial charge in [0.2, 0.25) is 5.91 Å². The van der Waals surface area contributed by atoms with E-state index in [-0.39, 0.29) is 16.8 Å². The number of halogens is 3. The van der Waals surface area contributed by atoms with E-state index in [9.17, 15) is 18.0 Å². The molecule has 150 valence electrons. The smallest absolute Gasteiger partial charge is 0.379 e. The van der Waals surface area contributed by atoms with E-state index in [1.165, 1.54) is 0 Å². The van der Waals surface area contributed by atoms with E-state index >= 15 is 0 Å². The second-order valence-corrected chi connectivity index (χ2v) is 7.43. The SMILES string of the molecule is C[C@H](Sc1nc(-c2ccccc2)cc(C(F)(F)F)n1)C(=O)NN1CCOCC1. The van der Waals surface area contributed by atoms with Gasteiger partial charge in [-0.05, 0) is 13.0 Å². The van der Waals surface area contributed by atoms with E-state index in [1.54, 1.807) is 42.3 Å². The van der Waals surface area contributed by atoms with Gasteiger partial charge >= 0.3 is 6.18 Å². The molecule has 1 aromatic carbocycles. The van der Waals surface area contributed by atoms with Crippen LogP contribution < -0.4 is 5.43 Å². The van der Waals surface area contributed by atoms with Crippen LogP contribution in [0.25, 0.3) is 11.3 Å². The monoisotopic (exact) mass is 412 g/mol. The summed E-state index contributed by atoms with van der Waals surface area (Å²) in [7, 11) is 0. The number of rotatable bonds is 5. The van der Waals surface area contributed by atoms with Crippen molar-refractivity contribution in [2.24, 2.45) is 0 Å². The Bertz CT molecular complexity index is 814. The van der Waals surface area contributed by atoms with Crippen molar-refractivity contribution in [3.63, 3.8) is 0 Å². The number of carbonyl (C=O) groups is 1. The van der Waals surface area contributed by atoms with Crippen molar-refractivity contribution in [3.8, 4) is 11.3 Å². The molecule has 1 aliphatic rings. The first-order valence-electron chi connectivity index (χ1n) is 8.64. The zero-order valence-corrected chi connectivity index (χ0v) is 15.9. The summed E-state index contributed by atoms with van der Waals surface area (Å²) in [6.07, 6.45) is -4.61. The standard InChI is InChI=1S/C18H19F3N4O2S/c1-12(16(26)24-25-7-9-27-10-8-25)28-17-22-14(13-5-3-2-4-6-13)11-15(23-17)18(19,20)21/h2-6,11-12H,7-10H2,1H3,(H,24,26)/t12-/m0/s1. The number of nitrogens with one attached hydrogen (secondary N) is 1. The van der Waals surface area contributed by atoms with Crippen LogP contribution >= 0.6 is 11.8 Å². The third-order valence-corrected chi connectivity index (χ3v) is 4.96. The Kier molecular flexibility index (Phi) is 6.53. The van der Waals surface area contributed by atoms with Gasteiger partial charge in [-0.25, -0.2) is 15.0 Å². The van der Waals surface area contributed by atoms with Gasteiger partial charge in [0.1, 0.15) is 5.69 Å². The van der Waals surface area contributed by atoms with Gasteiger partial charge in [0.25, 0.3) is 0 Å². The fourth-order valence-corrected chi connectivity index (χ4v) is 3.29. The first kappa shape index (κ1) is 20.6. The normalized spacial score (nSPS) is 16.6. The van der Waals surface area contributed by atoms with Gasteiger partial charge in [-0.2, -0.15) is 13.2 Å². The number of morpholine rings is 1. The molecule has 2 aromatic rings. The van der Waals surface area contributed by atoms with E-state index in [1.807, 2.05) is 0 Å². The molecule has 1 saturated heterocycles. The Morgan fingerprint density at radius 1 is 1.21 bits per heavy atom. The van der Waals surface area contributed by atoms with Crippen LogP contribution in [0.15, 0.2) is 41.6 Å². The van der Waals surface area contributed by atoms with Crippen molar-refractivity contribution < 1.29 is 22.7 Å². The summed E-state index contributed by atoms with van der Waals surface area (Å²) in [5, 5.41) is 0.957. The molecule has 6 nitrogen and oxygen atoms in total. The Labute approximate surface area is 164 Å². The van der Waals surface area contributed by atoms with Crippen LogP contribution in [-0.4, -0.2) is 52.4 Å². The number of hydrogen-bond donors (Lipinski definition) is 1. The highest BCUT2D eigenvalue weighted by atomic mass is 32.2. The minimum Gasteiger partial charge on any atom is -0.379 e. The summed E-state index contributed by atoms with van der Waals surface area (Å²) >= 11 is 0.887. The largest absolute Gasteiger partial charge is 0.433 e. The second-order valence-electron chi connectivity index (χ2n) is 6.12. The molecule has 0 saturated carbocycles. The van der Waals surface area contributed by atoms with Crippen LogP contribution in [0.4, 0.5) is 13.2 Å². The first-order chi connectivity index (χ1) is 13.3. The summed E-state index contributed by atoms with van der Waals surface area (Å²) < 4.78 is 45.0. The highest BCUT2D eigenvalue weighted by Crippen LogP contribution is 2.32. The molecule has 1 amide bonds. The maximum Gasteiger partial charge on any atom is 0.433 e. The van der Waals surface area contributed by atoms with Crippen LogP contribution in [0.3, 0.4) is 0 Å². The van der Waals surface area contributed by atoms with Crippen molar-refractivity contribution in [3.05, 3.63) is 42.1 Å². The number of hydrogen-bond acceptors (Lipinski definition) is 6. The van der Waals surface area contributed by atoms with Crippen LogP contribution in [0.2, 0.25) is 0 Å². The van der Waals surface area contributed by atoms with Gasteiger partial charge in [0, 0.05) is 18.7 Å². The lowest BCUT2D eigenvalue weighted by Crippen LogP contribution is -2.50. The van der Waals surface area contributed by atoms with E-state index in [0.717, 1.165) is 17.8 Å². The molecule has 1 fully saturated rings. The zero-order valence-electron chi connectivity index (χ0n) is 15.1. The number of ether oxygens (including phenoxy) is 1. The molecule has 1 aromatic heterocycles. The van der Waals surface area contributed by atoms with Crippen molar-refractivity contribution in [1.82, 2.24) is 20.4 Å². The van der Waals surface area contributed by atoms with E-state index in [2.05, 4.69) is 15.4 Å². The van der Waals surface area contributed by atoms with Crippen LogP contribution in [0.5, 0.6) is 0 Å². The Morgan fingerprint density at radius 2 is 1.89 bits per heavy atom. The maximum atomic E-state index is 13.3. The van der Waals surface area contributed by atoms with E-state index in [4.69, 9.17) is 4.74 Å². The zero-order chi connectivity index (χ0) is 20.1. The lowest BCUT2D eigenvalue weighted by atomic mass is 10.1. The Morgan fingerprint density at radius 3 is 2.54 bits per heavy atom. The van der Waals surface area contributed by atoms with Crippen LogP contribution in [-0.2, 0) is 15.7 Å². The maximum absolute atomic E-state index is 13.3. The minimum atomic E-state index is -4.61. The number of benzene rings is 1. The third-order valence-electron chi connectivity index (χ3n) is 4.00. The van der Waals surface area contributed by atoms with Gasteiger partial charge in [-0.15, -0.1) is 0 Å². The molecule has 28 heavy (non-hydrogen) atoms. The summed E-state index contributed by atoms with van der Waals surface area (Å²) in [5.41, 5.74) is 2.41. The molecular weight excluding hydrogens is 393 g/mol. The number of amides is 1. The molecule has 3 rings (SSSR count). The summed E-state index contributed by atoms with van der Waals surface area (Å²) in [6, 6.07) is 9.46. The van der Waals surface area contributed by atoms with Crippen molar-refractivity contribution in [2.45, 2.75) is 23.5 Å². The molecule has 0 bridgehead atoms. The predicted molar refractivity (Wildman–Crippen MR) is 98.3 cm³/mol. The molecule has 1 atom stereocenters. The fourth-order valence-electron chi connectivity index (χ4n) is 2.51. The highest BCUT2D eigenvalue weighted by molar-refractivity contribution is 8.00. The van der Waals surface area contributed by atoms with Gasteiger partial charge in [-0.3, -0.25) is 10.2 Å². The molecule has 0 aliphatic carbocycles. The van der Waals surface area contributed by atoms with Crippen LogP contribution in [0, 0.1) is 0 Å². The average molecular weight is 412 g/mol. The predicted octanol–water partition coefficient (Wildman–Crippen LogP) is 3.01. The van der Waals surface area contributed by atoms with E-state index in [0.29, 0.717) is 31.9 Å². The van der Waals surface area contributed by atoms with Crippen molar-refractivity contribution in [1.29, 1.82) is 0 Å². The fraction of sp³-hybridized carbons (Fsp3) is 0.389. The summed E-state index contributed by atoms with van der Waals surface area (Å²) in [4.78, 5) is 20.2. The molecule has 0 radical (unpaired) electrons. The number of carbonyl (C=O) groups excluding carboxylic acids is 1. The van der Waals surface area contributed by atoms with Crippen molar-refractivity contribution in [2.75, 3.05) is 26.3 Å². The number of thioether (sulfide) groups is 1. The van der Waals surface area contributed by atoms with Gasteiger partial charge in [0.15, 0.2) is 5.16 Å². The lowest BCUT2D eigenvalue weighted by molar-refractivity contribution is -0.141. The van der Waals surface area contributed by atoms with Crippen molar-refractivity contribution >= 4 is 17.7 Å². The van der Waals surface area contributed by atoms with E-state index < -0.39 is 17.1 Å². The quantitative estimate of drug-likeness (QED) is 0.602. The molecule has 1 aliphatic heterocycles. The number of aromatic nitrogens is 2. The molecule has 1 N–H and O–H groups in total. The highest BCUT2D eigenvalue weighted by Gasteiger charge is 2.34. The average Bonchev–Trinajstić information content (AvgIpc) is 2.68. The second kappa shape index (κ2) is 8.89. The van der Waals surface area contributed by atoms with Gasteiger partial charge < -0.3 is 4.74 Å². The van der Waals surface area contributed by atoms with Gasteiger partial charge in [-0.1, -0.05) is 42.1 Å². The summed E-state index contributed by atoms with van der Waals surface area (Å²) in [5.74, 6) is -0.325. The topological polar surface area (TPSA) is 67.4 Å². The minimum absolute atomic E-state index is 0.0988. The number of nitrogens with zero attached hydrogens (tertiary/aromatic N) is 3. The molecule has 0 spiro atoms. The Hall–Kier alpha value is -2.17. The summed E-state index contributed by atoms with van der Waals surface area (Å²) in [6.45, 7) is 3.74. The lowest BCUT2D eigenvalue weighted by Gasteiger charge is -2.27. The first-order valence-corrected chi connectivity index (χ1v) is 9.52. The molecule has 0 unspecified atom stereocenters. The molecule has 2 heterocycles. The number of alkyl halides is 3.